The lowest BCUT2D eigenvalue weighted by Gasteiger charge is -2.31. The molecule has 0 spiro atoms. The number of nitriles is 1. The van der Waals surface area contributed by atoms with Gasteiger partial charge in [0, 0.05) is 29.9 Å². The number of non-ortho nitro benzene ring substituents is 1. The second-order valence-corrected chi connectivity index (χ2v) is 8.56. The van der Waals surface area contributed by atoms with E-state index in [1.54, 1.807) is 37.4 Å². The van der Waals surface area contributed by atoms with Crippen molar-refractivity contribution in [3.8, 4) is 6.07 Å². The number of hydrogen-bond donors (Lipinski definition) is 2. The van der Waals surface area contributed by atoms with Gasteiger partial charge in [-0.3, -0.25) is 24.7 Å². The van der Waals surface area contributed by atoms with Gasteiger partial charge in [-0.2, -0.15) is 5.26 Å². The molecular formula is C24H24BrN5O5S. The van der Waals surface area contributed by atoms with Gasteiger partial charge in [0.1, 0.15) is 0 Å². The predicted octanol–water partition coefficient (Wildman–Crippen LogP) is 3.74. The van der Waals surface area contributed by atoms with Crippen molar-refractivity contribution in [2.24, 2.45) is 5.73 Å². The van der Waals surface area contributed by atoms with Gasteiger partial charge in [-0.1, -0.05) is 23.9 Å². The summed E-state index contributed by atoms with van der Waals surface area (Å²) in [6.07, 6.45) is 1.53. The second kappa shape index (κ2) is 12.9. The number of benzene rings is 1. The normalized spacial score (nSPS) is 14.9. The van der Waals surface area contributed by atoms with Crippen LogP contribution in [-0.4, -0.2) is 34.1 Å². The second-order valence-electron chi connectivity index (χ2n) is 7.58. The Morgan fingerprint density at radius 3 is 2.72 bits per heavy atom. The third-order valence-corrected chi connectivity index (χ3v) is 6.22. The van der Waals surface area contributed by atoms with Crippen LogP contribution in [0.3, 0.4) is 0 Å². The van der Waals surface area contributed by atoms with Crippen LogP contribution in [0.25, 0.3) is 5.57 Å². The average molecular weight is 574 g/mol. The zero-order chi connectivity index (χ0) is 25.5. The first kappa shape index (κ1) is 28.5. The Balaban J connectivity index is 0.00000456. The van der Waals surface area contributed by atoms with E-state index in [1.165, 1.54) is 12.1 Å². The monoisotopic (exact) mass is 573 g/mol. The first-order valence-corrected chi connectivity index (χ1v) is 11.6. The van der Waals surface area contributed by atoms with Gasteiger partial charge < -0.3 is 15.8 Å². The van der Waals surface area contributed by atoms with E-state index in [-0.39, 0.29) is 41.4 Å². The Kier molecular flexibility index (Phi) is 10.2. The largest absolute Gasteiger partial charge is 0.466 e. The zero-order valence-electron chi connectivity index (χ0n) is 19.5. The van der Waals surface area contributed by atoms with Crippen LogP contribution in [0.2, 0.25) is 0 Å². The number of aromatic nitrogens is 1. The number of nitrogens with zero attached hydrogens (tertiary/aromatic N) is 3. The van der Waals surface area contributed by atoms with Crippen LogP contribution >= 0.6 is 28.7 Å². The number of nitro benzene ring substituents is 1. The van der Waals surface area contributed by atoms with Crippen LogP contribution in [-0.2, 0) is 20.7 Å². The third kappa shape index (κ3) is 6.71. The van der Waals surface area contributed by atoms with Gasteiger partial charge in [-0.05, 0) is 42.7 Å². The van der Waals surface area contributed by atoms with E-state index in [2.05, 4.69) is 16.4 Å². The summed E-state index contributed by atoms with van der Waals surface area (Å²) in [4.78, 5) is 38.6. The fraction of sp³-hybridized carbons (Fsp3) is 0.250. The Bertz CT molecular complexity index is 1290. The van der Waals surface area contributed by atoms with E-state index in [9.17, 15) is 25.0 Å². The van der Waals surface area contributed by atoms with Crippen LogP contribution in [0.15, 0.2) is 58.9 Å². The van der Waals surface area contributed by atoms with E-state index in [4.69, 9.17) is 10.5 Å². The summed E-state index contributed by atoms with van der Waals surface area (Å²) >= 11 is 1.09. The maximum atomic E-state index is 12.0. The van der Waals surface area contributed by atoms with E-state index in [0.717, 1.165) is 11.8 Å². The van der Waals surface area contributed by atoms with Gasteiger partial charge in [0.2, 0.25) is 5.91 Å². The number of nitro groups is 1. The summed E-state index contributed by atoms with van der Waals surface area (Å²) < 4.78 is 5.01. The van der Waals surface area contributed by atoms with Crippen molar-refractivity contribution in [3.63, 3.8) is 0 Å². The molecule has 1 aliphatic heterocycles. The molecule has 0 saturated carbocycles. The van der Waals surface area contributed by atoms with Gasteiger partial charge in [0.25, 0.3) is 5.69 Å². The molecule has 0 saturated heterocycles. The molecule has 36 heavy (non-hydrogen) atoms. The summed E-state index contributed by atoms with van der Waals surface area (Å²) in [6, 6.07) is 11.8. The van der Waals surface area contributed by atoms with Crippen molar-refractivity contribution in [2.75, 3.05) is 12.4 Å². The molecule has 1 amide bonds. The van der Waals surface area contributed by atoms with E-state index in [1.807, 2.05) is 6.92 Å². The number of rotatable bonds is 9. The molecule has 1 aromatic heterocycles. The van der Waals surface area contributed by atoms with Gasteiger partial charge in [0.05, 0.1) is 46.1 Å². The van der Waals surface area contributed by atoms with Crippen molar-refractivity contribution >= 4 is 51.9 Å². The molecule has 12 heteroatoms. The Labute approximate surface area is 222 Å². The van der Waals surface area contributed by atoms with Gasteiger partial charge >= 0.3 is 5.97 Å². The molecule has 3 N–H and O–H groups in total. The summed E-state index contributed by atoms with van der Waals surface area (Å²) in [7, 11) is 0. The number of primary amides is 1. The summed E-state index contributed by atoms with van der Waals surface area (Å²) in [5.74, 6) is -1.67. The number of carbonyl (C=O) groups is 2. The molecule has 2 aromatic rings. The van der Waals surface area contributed by atoms with Crippen molar-refractivity contribution in [2.45, 2.75) is 26.2 Å². The highest BCUT2D eigenvalue weighted by molar-refractivity contribution is 8.93. The molecule has 3 rings (SSSR count). The highest BCUT2D eigenvalue weighted by Gasteiger charge is 2.33. The number of allylic oxidation sites excluding steroid dienone is 3. The number of pyridine rings is 1. The Hall–Kier alpha value is -3.69. The first-order chi connectivity index (χ1) is 16.7. The smallest absolute Gasteiger partial charge is 0.311 e. The fourth-order valence-corrected chi connectivity index (χ4v) is 4.64. The van der Waals surface area contributed by atoms with Crippen LogP contribution in [0, 0.1) is 21.4 Å². The van der Waals surface area contributed by atoms with E-state index >= 15 is 0 Å². The molecule has 10 nitrogen and oxygen atoms in total. The topological polar surface area (TPSA) is 161 Å². The SMILES string of the molecule is Br.CCOC(=O)Cc1cc(C2=C(C)NC(SCC(N)=O)=C(C#N)C2c2cccc([N+](=O)[O-])c2)ccn1. The average Bonchev–Trinajstić information content (AvgIpc) is 2.82. The van der Waals surface area contributed by atoms with Crippen molar-refractivity contribution in [1.82, 2.24) is 10.3 Å². The zero-order valence-corrected chi connectivity index (χ0v) is 22.0. The minimum atomic E-state index is -0.672. The molecule has 1 aliphatic rings. The number of nitrogens with one attached hydrogen (secondary N) is 1. The lowest BCUT2D eigenvalue weighted by Crippen LogP contribution is -2.25. The number of hydrogen-bond acceptors (Lipinski definition) is 9. The standard InChI is InChI=1S/C24H23N5O5S.BrH/c1-3-34-21(31)11-17-9-16(7-8-27-17)22-14(2)28-24(35-13-20(26)30)19(12-25)23(22)15-5-4-6-18(10-15)29(32)33;/h4-10,23,28H,3,11,13H2,1-2H3,(H2,26,30);1H. The maximum Gasteiger partial charge on any atom is 0.311 e. The maximum absolute atomic E-state index is 12.0. The molecule has 0 fully saturated rings. The molecule has 188 valence electrons. The molecule has 1 unspecified atom stereocenters. The van der Waals surface area contributed by atoms with Crippen LogP contribution in [0.5, 0.6) is 0 Å². The number of carbonyl (C=O) groups excluding carboxylic acids is 2. The molecular weight excluding hydrogens is 550 g/mol. The molecule has 2 heterocycles. The highest BCUT2D eigenvalue weighted by Crippen LogP contribution is 2.45. The van der Waals surface area contributed by atoms with E-state index in [0.29, 0.717) is 38.7 Å². The van der Waals surface area contributed by atoms with Gasteiger partial charge in [0.15, 0.2) is 0 Å². The van der Waals surface area contributed by atoms with Crippen molar-refractivity contribution in [3.05, 3.63) is 85.8 Å². The Morgan fingerprint density at radius 2 is 2.08 bits per heavy atom. The van der Waals surface area contributed by atoms with Gasteiger partial charge in [-0.15, -0.1) is 17.0 Å². The molecule has 0 aliphatic carbocycles. The highest BCUT2D eigenvalue weighted by atomic mass is 79.9. The van der Waals surface area contributed by atoms with Crippen LogP contribution in [0.4, 0.5) is 5.69 Å². The lowest BCUT2D eigenvalue weighted by atomic mass is 9.79. The summed E-state index contributed by atoms with van der Waals surface area (Å²) in [5, 5.41) is 25.2. The molecule has 0 radical (unpaired) electrons. The number of halogens is 1. The van der Waals surface area contributed by atoms with Crippen LogP contribution in [0.1, 0.15) is 36.6 Å². The summed E-state index contributed by atoms with van der Waals surface area (Å²) in [5.41, 5.74) is 8.56. The number of ether oxygens (including phenoxy) is 1. The third-order valence-electron chi connectivity index (χ3n) is 5.18. The quantitative estimate of drug-likeness (QED) is 0.258. The number of dihydropyridines is 1. The number of amides is 1. The number of nitrogens with two attached hydrogens (primary N) is 1. The van der Waals surface area contributed by atoms with Gasteiger partial charge in [-0.25, -0.2) is 0 Å². The molecule has 1 atom stereocenters. The Morgan fingerprint density at radius 1 is 1.33 bits per heavy atom. The minimum absolute atomic E-state index is 0. The fourth-order valence-electron chi connectivity index (χ4n) is 3.81. The molecule has 1 aromatic carbocycles. The first-order valence-electron chi connectivity index (χ1n) is 10.6. The van der Waals surface area contributed by atoms with E-state index < -0.39 is 22.7 Å². The van der Waals surface area contributed by atoms with Crippen molar-refractivity contribution in [1.29, 1.82) is 5.26 Å². The van der Waals surface area contributed by atoms with Crippen molar-refractivity contribution < 1.29 is 19.2 Å². The predicted molar refractivity (Wildman–Crippen MR) is 141 cm³/mol. The lowest BCUT2D eigenvalue weighted by molar-refractivity contribution is -0.384. The number of thioether (sulfide) groups is 1. The van der Waals surface area contributed by atoms with Crippen LogP contribution < -0.4 is 11.1 Å². The summed E-state index contributed by atoms with van der Waals surface area (Å²) in [6.45, 7) is 3.78. The minimum Gasteiger partial charge on any atom is -0.466 e. The number of esters is 1. The molecule has 0 bridgehead atoms.